The zero-order valence-electron chi connectivity index (χ0n) is 8.30. The summed E-state index contributed by atoms with van der Waals surface area (Å²) in [5, 5.41) is 0. The lowest BCUT2D eigenvalue weighted by molar-refractivity contribution is 0.575. The molecule has 0 heterocycles. The van der Waals surface area contributed by atoms with Crippen molar-refractivity contribution in [3.63, 3.8) is 0 Å². The second kappa shape index (κ2) is 6.38. The number of aliphatic imine (C=N–C) groups is 1. The van der Waals surface area contributed by atoms with Gasteiger partial charge in [0.2, 0.25) is 0 Å². The molecule has 0 aliphatic rings. The molecule has 0 amide bonds. The lowest BCUT2D eigenvalue weighted by atomic mass is 10.1. The Morgan fingerprint density at radius 1 is 1.18 bits per heavy atom. The van der Waals surface area contributed by atoms with Crippen molar-refractivity contribution in [2.24, 2.45) is 16.8 Å². The Morgan fingerprint density at radius 3 is 2.27 bits per heavy atom. The topological polar surface area (TPSA) is 12.4 Å². The largest absolute Gasteiger partial charge is 0.297 e. The lowest BCUT2D eigenvalue weighted by Crippen LogP contribution is -1.99. The highest BCUT2D eigenvalue weighted by molar-refractivity contribution is 5.59. The summed E-state index contributed by atoms with van der Waals surface area (Å²) in [5.74, 6) is 1.40. The van der Waals surface area contributed by atoms with Crippen LogP contribution in [-0.4, -0.2) is 12.8 Å². The van der Waals surface area contributed by atoms with Crippen molar-refractivity contribution in [2.45, 2.75) is 40.5 Å². The maximum Gasteiger partial charge on any atom is 0.0411 e. The molecule has 0 fully saturated rings. The van der Waals surface area contributed by atoms with Gasteiger partial charge >= 0.3 is 0 Å². The van der Waals surface area contributed by atoms with Crippen molar-refractivity contribution in [3.05, 3.63) is 0 Å². The summed E-state index contributed by atoms with van der Waals surface area (Å²) >= 11 is 0. The number of nitrogens with zero attached hydrogens (tertiary/aromatic N) is 1. The summed E-state index contributed by atoms with van der Waals surface area (Å²) in [7, 11) is 0. The highest BCUT2D eigenvalue weighted by Gasteiger charge is 1.95. The van der Waals surface area contributed by atoms with E-state index in [4.69, 9.17) is 0 Å². The van der Waals surface area contributed by atoms with Crippen LogP contribution in [0.1, 0.15) is 40.5 Å². The van der Waals surface area contributed by atoms with Gasteiger partial charge in [0.1, 0.15) is 0 Å². The van der Waals surface area contributed by atoms with Gasteiger partial charge in [-0.2, -0.15) is 0 Å². The van der Waals surface area contributed by atoms with Crippen LogP contribution in [0.4, 0.5) is 0 Å². The zero-order valence-corrected chi connectivity index (χ0v) is 8.30. The first-order chi connectivity index (χ1) is 5.20. The molecular formula is C10H21N. The molecule has 0 spiro atoms. The fraction of sp³-hybridized carbons (Fsp3) is 0.900. The van der Waals surface area contributed by atoms with Gasteiger partial charge in [0.25, 0.3) is 0 Å². The predicted molar refractivity (Wildman–Crippen MR) is 52.3 cm³/mol. The van der Waals surface area contributed by atoms with Crippen LogP contribution < -0.4 is 0 Å². The molecule has 1 nitrogen and oxygen atoms in total. The summed E-state index contributed by atoms with van der Waals surface area (Å²) in [4.78, 5) is 4.39. The minimum absolute atomic E-state index is 0.652. The molecule has 2 unspecified atom stereocenters. The molecule has 0 aliphatic heterocycles. The monoisotopic (exact) mass is 155 g/mol. The van der Waals surface area contributed by atoms with E-state index >= 15 is 0 Å². The van der Waals surface area contributed by atoms with Crippen LogP contribution in [0.2, 0.25) is 0 Å². The second-order valence-corrected chi connectivity index (χ2v) is 3.41. The van der Waals surface area contributed by atoms with E-state index < -0.39 is 0 Å². The van der Waals surface area contributed by atoms with Gasteiger partial charge in [-0.15, -0.1) is 0 Å². The van der Waals surface area contributed by atoms with E-state index in [9.17, 15) is 0 Å². The van der Waals surface area contributed by atoms with Crippen molar-refractivity contribution in [1.29, 1.82) is 0 Å². The van der Waals surface area contributed by atoms with Crippen molar-refractivity contribution in [2.75, 3.05) is 6.54 Å². The van der Waals surface area contributed by atoms with E-state index in [-0.39, 0.29) is 0 Å². The molecule has 0 aromatic carbocycles. The smallest absolute Gasteiger partial charge is 0.0411 e. The standard InChI is InChI=1S/C10H21N/c1-5-9(3)7-11-8-10(4)6-2/h7,9-10H,5-6,8H2,1-4H3/b11-7+. The molecule has 0 bridgehead atoms. The van der Waals surface area contributed by atoms with E-state index in [0.717, 1.165) is 12.5 Å². The number of hydrogen-bond acceptors (Lipinski definition) is 1. The third kappa shape index (κ3) is 6.08. The van der Waals surface area contributed by atoms with Gasteiger partial charge in [-0.1, -0.05) is 34.1 Å². The van der Waals surface area contributed by atoms with E-state index in [1.165, 1.54) is 12.8 Å². The minimum Gasteiger partial charge on any atom is -0.297 e. The molecule has 0 aromatic rings. The molecule has 0 saturated carbocycles. The Kier molecular flexibility index (Phi) is 6.19. The molecule has 11 heavy (non-hydrogen) atoms. The van der Waals surface area contributed by atoms with E-state index in [1.54, 1.807) is 0 Å². The third-order valence-electron chi connectivity index (χ3n) is 2.12. The fourth-order valence-electron chi connectivity index (χ4n) is 0.655. The Balaban J connectivity index is 3.43. The molecule has 0 rings (SSSR count). The van der Waals surface area contributed by atoms with Crippen molar-refractivity contribution >= 4 is 6.21 Å². The van der Waals surface area contributed by atoms with E-state index in [2.05, 4.69) is 38.9 Å². The van der Waals surface area contributed by atoms with E-state index in [0.29, 0.717) is 5.92 Å². The first kappa shape index (κ1) is 10.7. The Hall–Kier alpha value is -0.330. The zero-order chi connectivity index (χ0) is 8.69. The van der Waals surface area contributed by atoms with Crippen LogP contribution in [-0.2, 0) is 0 Å². The average Bonchev–Trinajstić information content (AvgIpc) is 2.04. The molecule has 0 N–H and O–H groups in total. The molecule has 0 aliphatic carbocycles. The fourth-order valence-corrected chi connectivity index (χ4v) is 0.655. The molecule has 66 valence electrons. The molecule has 1 heteroatoms. The van der Waals surface area contributed by atoms with Gasteiger partial charge in [-0.3, -0.25) is 4.99 Å². The highest BCUT2D eigenvalue weighted by atomic mass is 14.7. The average molecular weight is 155 g/mol. The number of hydrogen-bond donors (Lipinski definition) is 0. The van der Waals surface area contributed by atoms with Crippen LogP contribution in [0.3, 0.4) is 0 Å². The van der Waals surface area contributed by atoms with Crippen LogP contribution in [0.25, 0.3) is 0 Å². The molecule has 0 radical (unpaired) electrons. The van der Waals surface area contributed by atoms with Crippen LogP contribution in [0, 0.1) is 11.8 Å². The third-order valence-corrected chi connectivity index (χ3v) is 2.12. The van der Waals surface area contributed by atoms with Gasteiger partial charge in [0, 0.05) is 12.8 Å². The first-order valence-electron chi connectivity index (χ1n) is 4.70. The van der Waals surface area contributed by atoms with Gasteiger partial charge in [0.05, 0.1) is 0 Å². The Bertz CT molecular complexity index is 107. The quantitative estimate of drug-likeness (QED) is 0.541. The number of rotatable bonds is 5. The van der Waals surface area contributed by atoms with Crippen LogP contribution in [0.15, 0.2) is 4.99 Å². The van der Waals surface area contributed by atoms with Crippen molar-refractivity contribution in [1.82, 2.24) is 0 Å². The summed E-state index contributed by atoms with van der Waals surface area (Å²) in [6.45, 7) is 9.86. The molecule has 0 aromatic heterocycles. The van der Waals surface area contributed by atoms with E-state index in [1.807, 2.05) is 0 Å². The van der Waals surface area contributed by atoms with Gasteiger partial charge in [-0.25, -0.2) is 0 Å². The molecular weight excluding hydrogens is 134 g/mol. The van der Waals surface area contributed by atoms with Crippen molar-refractivity contribution in [3.8, 4) is 0 Å². The van der Waals surface area contributed by atoms with Gasteiger partial charge in [-0.05, 0) is 18.3 Å². The summed E-state index contributed by atoms with van der Waals surface area (Å²) in [6.07, 6.45) is 4.52. The van der Waals surface area contributed by atoms with Gasteiger partial charge < -0.3 is 0 Å². The minimum atomic E-state index is 0.652. The van der Waals surface area contributed by atoms with Crippen molar-refractivity contribution < 1.29 is 0 Å². The van der Waals surface area contributed by atoms with Crippen LogP contribution in [0.5, 0.6) is 0 Å². The molecule has 2 atom stereocenters. The maximum absolute atomic E-state index is 4.39. The lowest BCUT2D eigenvalue weighted by Gasteiger charge is -2.03. The maximum atomic E-state index is 4.39. The normalized spacial score (nSPS) is 17.1. The Morgan fingerprint density at radius 2 is 1.82 bits per heavy atom. The predicted octanol–water partition coefficient (Wildman–Crippen LogP) is 3.15. The first-order valence-corrected chi connectivity index (χ1v) is 4.70. The summed E-state index contributed by atoms with van der Waals surface area (Å²) < 4.78 is 0. The molecule has 0 saturated heterocycles. The van der Waals surface area contributed by atoms with Gasteiger partial charge in [0.15, 0.2) is 0 Å². The summed E-state index contributed by atoms with van der Waals surface area (Å²) in [6, 6.07) is 0. The Labute approximate surface area is 70.9 Å². The highest BCUT2D eigenvalue weighted by Crippen LogP contribution is 2.01. The summed E-state index contributed by atoms with van der Waals surface area (Å²) in [5.41, 5.74) is 0. The SMILES string of the molecule is CCC(C)/C=N/CC(C)CC. The van der Waals surface area contributed by atoms with Crippen LogP contribution >= 0.6 is 0 Å². The second-order valence-electron chi connectivity index (χ2n) is 3.41.